The van der Waals surface area contributed by atoms with Crippen molar-refractivity contribution in [3.63, 3.8) is 0 Å². The second kappa shape index (κ2) is 7.46. The van der Waals surface area contributed by atoms with E-state index in [2.05, 4.69) is 5.32 Å². The molecule has 5 nitrogen and oxygen atoms in total. The summed E-state index contributed by atoms with van der Waals surface area (Å²) in [6.07, 6.45) is 0.272. The van der Waals surface area contributed by atoms with Crippen LogP contribution in [-0.2, 0) is 27.8 Å². The molecule has 144 valence electrons. The molecule has 3 aromatic rings. The minimum absolute atomic E-state index is 0.123. The average molecular weight is 416 g/mol. The van der Waals surface area contributed by atoms with Gasteiger partial charge in [-0.25, -0.2) is 12.8 Å². The number of carbonyl (C=O) groups is 1. The molecule has 1 aliphatic heterocycles. The Morgan fingerprint density at radius 2 is 1.75 bits per heavy atom. The third kappa shape index (κ3) is 3.58. The fourth-order valence-corrected chi connectivity index (χ4v) is 5.94. The first kappa shape index (κ1) is 18.8. The van der Waals surface area contributed by atoms with Crippen molar-refractivity contribution in [1.29, 1.82) is 0 Å². The van der Waals surface area contributed by atoms with Gasteiger partial charge in [-0.3, -0.25) is 4.79 Å². The molecular formula is C20H17FN2O3S2. The second-order valence-corrected chi connectivity index (χ2v) is 9.53. The highest BCUT2D eigenvalue weighted by Gasteiger charge is 2.40. The summed E-state index contributed by atoms with van der Waals surface area (Å²) in [7, 11) is -3.82. The highest BCUT2D eigenvalue weighted by molar-refractivity contribution is 7.91. The lowest BCUT2D eigenvalue weighted by molar-refractivity contribution is -0.120. The lowest BCUT2D eigenvalue weighted by Gasteiger charge is -2.34. The lowest BCUT2D eigenvalue weighted by atomic mass is 9.95. The number of halogens is 1. The van der Waals surface area contributed by atoms with Gasteiger partial charge in [0, 0.05) is 12.2 Å². The van der Waals surface area contributed by atoms with Crippen LogP contribution in [0.4, 0.5) is 10.1 Å². The summed E-state index contributed by atoms with van der Waals surface area (Å²) < 4.78 is 40.9. The first-order chi connectivity index (χ1) is 13.4. The van der Waals surface area contributed by atoms with Gasteiger partial charge in [-0.15, -0.1) is 11.3 Å². The van der Waals surface area contributed by atoms with E-state index in [1.807, 2.05) is 24.3 Å². The fourth-order valence-electron chi connectivity index (χ4n) is 3.26. The van der Waals surface area contributed by atoms with Gasteiger partial charge in [-0.1, -0.05) is 30.3 Å². The number of thiophene rings is 1. The van der Waals surface area contributed by atoms with Gasteiger partial charge < -0.3 is 5.32 Å². The number of benzene rings is 2. The maximum atomic E-state index is 13.2. The number of anilines is 1. The molecule has 1 unspecified atom stereocenters. The van der Waals surface area contributed by atoms with Crippen molar-refractivity contribution >= 4 is 33.0 Å². The van der Waals surface area contributed by atoms with Crippen LogP contribution in [-0.4, -0.2) is 24.7 Å². The Labute approximate surface area is 166 Å². The van der Waals surface area contributed by atoms with Crippen LogP contribution < -0.4 is 5.32 Å². The van der Waals surface area contributed by atoms with Crippen molar-refractivity contribution in [2.75, 3.05) is 5.32 Å². The lowest BCUT2D eigenvalue weighted by Crippen LogP contribution is -2.50. The van der Waals surface area contributed by atoms with Crippen molar-refractivity contribution in [3.8, 4) is 0 Å². The van der Waals surface area contributed by atoms with Crippen LogP contribution in [0.5, 0.6) is 0 Å². The molecule has 0 saturated carbocycles. The largest absolute Gasteiger partial charge is 0.325 e. The zero-order valence-electron chi connectivity index (χ0n) is 14.7. The number of rotatable bonds is 4. The molecule has 1 N–H and O–H groups in total. The van der Waals surface area contributed by atoms with Gasteiger partial charge in [0.2, 0.25) is 5.91 Å². The van der Waals surface area contributed by atoms with Crippen LogP contribution in [0.1, 0.15) is 11.1 Å². The Bertz CT molecular complexity index is 1100. The molecule has 1 amide bonds. The standard InChI is InChI=1S/C20H17FN2O3S2/c21-16-7-9-17(10-8-16)22-20(24)18-12-14-4-1-2-5-15(14)13-23(18)28(25,26)19-6-3-11-27-19/h1-11,18H,12-13H2,(H,22,24). The average Bonchev–Trinajstić information content (AvgIpc) is 3.24. The predicted molar refractivity (Wildman–Crippen MR) is 106 cm³/mol. The molecule has 2 aromatic carbocycles. The highest BCUT2D eigenvalue weighted by atomic mass is 32.2. The molecule has 28 heavy (non-hydrogen) atoms. The van der Waals surface area contributed by atoms with Crippen molar-refractivity contribution < 1.29 is 17.6 Å². The van der Waals surface area contributed by atoms with E-state index < -0.39 is 27.8 Å². The summed E-state index contributed by atoms with van der Waals surface area (Å²) in [6, 6.07) is 15.2. The third-order valence-electron chi connectivity index (χ3n) is 4.68. The number of amides is 1. The van der Waals surface area contributed by atoms with E-state index in [1.165, 1.54) is 34.6 Å². The fraction of sp³-hybridized carbons (Fsp3) is 0.150. The molecule has 0 spiro atoms. The van der Waals surface area contributed by atoms with Crippen molar-refractivity contribution in [1.82, 2.24) is 4.31 Å². The quantitative estimate of drug-likeness (QED) is 0.706. The zero-order chi connectivity index (χ0) is 19.7. The Kier molecular flexibility index (Phi) is 5.01. The van der Waals surface area contributed by atoms with Crippen LogP contribution in [0.15, 0.2) is 70.3 Å². The number of sulfonamides is 1. The number of carbonyl (C=O) groups excluding carboxylic acids is 1. The minimum atomic E-state index is -3.82. The van der Waals surface area contributed by atoms with E-state index in [0.717, 1.165) is 22.5 Å². The van der Waals surface area contributed by atoms with Gasteiger partial charge in [0.15, 0.2) is 0 Å². The molecule has 0 saturated heterocycles. The molecule has 0 bridgehead atoms. The van der Waals surface area contributed by atoms with E-state index in [9.17, 15) is 17.6 Å². The summed E-state index contributed by atoms with van der Waals surface area (Å²) in [6.45, 7) is 0.123. The Morgan fingerprint density at radius 3 is 2.43 bits per heavy atom. The molecule has 0 aliphatic carbocycles. The molecule has 2 heterocycles. The van der Waals surface area contributed by atoms with E-state index in [-0.39, 0.29) is 17.2 Å². The molecule has 0 radical (unpaired) electrons. The number of hydrogen-bond donors (Lipinski definition) is 1. The van der Waals surface area contributed by atoms with Gasteiger partial charge >= 0.3 is 0 Å². The van der Waals surface area contributed by atoms with Crippen molar-refractivity contribution in [3.05, 3.63) is 83.0 Å². The van der Waals surface area contributed by atoms with Crippen LogP contribution >= 0.6 is 11.3 Å². The van der Waals surface area contributed by atoms with Crippen molar-refractivity contribution in [2.24, 2.45) is 0 Å². The first-order valence-electron chi connectivity index (χ1n) is 8.64. The van der Waals surface area contributed by atoms with Gasteiger partial charge in [-0.05, 0) is 53.3 Å². The second-order valence-electron chi connectivity index (χ2n) is 6.47. The third-order valence-corrected chi connectivity index (χ3v) is 7.91. The first-order valence-corrected chi connectivity index (χ1v) is 11.0. The summed E-state index contributed by atoms with van der Waals surface area (Å²) in [4.78, 5) is 13.0. The Balaban J connectivity index is 1.69. The molecule has 1 aliphatic rings. The molecule has 1 atom stereocenters. The van der Waals surface area contributed by atoms with E-state index in [1.54, 1.807) is 11.4 Å². The molecule has 4 rings (SSSR count). The summed E-state index contributed by atoms with van der Waals surface area (Å²) in [5.41, 5.74) is 2.24. The molecule has 1 aromatic heterocycles. The van der Waals surface area contributed by atoms with E-state index >= 15 is 0 Å². The predicted octanol–water partition coefficient (Wildman–Crippen LogP) is 3.64. The van der Waals surface area contributed by atoms with Crippen LogP contribution in [0.25, 0.3) is 0 Å². The SMILES string of the molecule is O=C(Nc1ccc(F)cc1)C1Cc2ccccc2CN1S(=O)(=O)c1cccs1. The maximum absolute atomic E-state index is 13.2. The smallest absolute Gasteiger partial charge is 0.253 e. The van der Waals surface area contributed by atoms with E-state index in [0.29, 0.717) is 5.69 Å². The number of nitrogens with zero attached hydrogens (tertiary/aromatic N) is 1. The molecule has 8 heteroatoms. The summed E-state index contributed by atoms with van der Waals surface area (Å²) in [5, 5.41) is 4.40. The summed E-state index contributed by atoms with van der Waals surface area (Å²) >= 11 is 1.12. The van der Waals surface area contributed by atoms with Gasteiger partial charge in [0.05, 0.1) is 0 Å². The number of fused-ring (bicyclic) bond motifs is 1. The van der Waals surface area contributed by atoms with Gasteiger partial charge in [0.1, 0.15) is 16.1 Å². The topological polar surface area (TPSA) is 66.5 Å². The number of nitrogens with one attached hydrogen (secondary N) is 1. The van der Waals surface area contributed by atoms with E-state index in [4.69, 9.17) is 0 Å². The highest BCUT2D eigenvalue weighted by Crippen LogP contribution is 2.31. The molecular weight excluding hydrogens is 399 g/mol. The van der Waals surface area contributed by atoms with Gasteiger partial charge in [0.25, 0.3) is 10.0 Å². The Morgan fingerprint density at radius 1 is 1.04 bits per heavy atom. The van der Waals surface area contributed by atoms with Crippen LogP contribution in [0.3, 0.4) is 0 Å². The monoisotopic (exact) mass is 416 g/mol. The van der Waals surface area contributed by atoms with Gasteiger partial charge in [-0.2, -0.15) is 4.31 Å². The zero-order valence-corrected chi connectivity index (χ0v) is 16.3. The minimum Gasteiger partial charge on any atom is -0.325 e. The maximum Gasteiger partial charge on any atom is 0.253 e. The number of hydrogen-bond acceptors (Lipinski definition) is 4. The van der Waals surface area contributed by atoms with Crippen LogP contribution in [0, 0.1) is 5.82 Å². The Hall–Kier alpha value is -2.55. The normalized spacial score (nSPS) is 17.1. The summed E-state index contributed by atoms with van der Waals surface area (Å²) in [5.74, 6) is -0.854. The van der Waals surface area contributed by atoms with Crippen LogP contribution in [0.2, 0.25) is 0 Å². The molecule has 0 fully saturated rings. The van der Waals surface area contributed by atoms with Crippen molar-refractivity contribution in [2.45, 2.75) is 23.2 Å².